The number of hydrogen-bond donors (Lipinski definition) is 3. The maximum Gasteiger partial charge on any atom is 0.326 e. The van der Waals surface area contributed by atoms with E-state index in [4.69, 9.17) is 33.7 Å². The molecular formula is C23H23Cl2N3O4. The van der Waals surface area contributed by atoms with Crippen molar-refractivity contribution in [2.24, 2.45) is 5.73 Å². The zero-order valence-corrected chi connectivity index (χ0v) is 18.7. The second kappa shape index (κ2) is 9.50. The topological polar surface area (TPSA) is 105 Å². The van der Waals surface area contributed by atoms with Gasteiger partial charge < -0.3 is 20.9 Å². The van der Waals surface area contributed by atoms with E-state index in [2.05, 4.69) is 10.2 Å². The Morgan fingerprint density at radius 3 is 2.47 bits per heavy atom. The van der Waals surface area contributed by atoms with Gasteiger partial charge in [0.2, 0.25) is 5.91 Å². The van der Waals surface area contributed by atoms with E-state index in [1.807, 2.05) is 24.3 Å². The normalized spacial score (nSPS) is 20.2. The summed E-state index contributed by atoms with van der Waals surface area (Å²) in [5.74, 6) is -1.70. The predicted octanol–water partition coefficient (Wildman–Crippen LogP) is 3.49. The standard InChI is InChI=1S/C23H23Cl2N3O4/c24-15-9-17(25)21-16(11-19(23(30)31)27-18(21)10-15)20(22(26)29)14-3-1-13(2-4-14)12-28-5-7-32-8-6-28/h1-4,9-10,19,27H,5-8,11-12H2,(H2,26,29)(H,30,31)/b20-16-. The van der Waals surface area contributed by atoms with Crippen molar-refractivity contribution in [3.8, 4) is 0 Å². The Hall–Kier alpha value is -2.58. The number of amides is 1. The first kappa shape index (κ1) is 22.6. The van der Waals surface area contributed by atoms with Gasteiger partial charge in [0.15, 0.2) is 0 Å². The molecule has 0 aromatic heterocycles. The summed E-state index contributed by atoms with van der Waals surface area (Å²) >= 11 is 12.6. The van der Waals surface area contributed by atoms with E-state index in [9.17, 15) is 14.7 Å². The van der Waals surface area contributed by atoms with E-state index < -0.39 is 17.9 Å². The van der Waals surface area contributed by atoms with E-state index in [1.54, 1.807) is 12.1 Å². The van der Waals surface area contributed by atoms with Gasteiger partial charge in [0.25, 0.3) is 0 Å². The number of carboxylic acids is 1. The minimum absolute atomic E-state index is 0.0531. The summed E-state index contributed by atoms with van der Waals surface area (Å²) in [6.45, 7) is 3.97. The minimum atomic E-state index is -1.05. The molecule has 2 aliphatic rings. The number of carbonyl (C=O) groups is 2. The van der Waals surface area contributed by atoms with Crippen molar-refractivity contribution in [2.75, 3.05) is 31.6 Å². The quantitative estimate of drug-likeness (QED) is 0.571. The molecule has 0 radical (unpaired) electrons. The van der Waals surface area contributed by atoms with Crippen LogP contribution in [0.2, 0.25) is 10.0 Å². The molecule has 2 heterocycles. The lowest BCUT2D eigenvalue weighted by Crippen LogP contribution is -2.35. The highest BCUT2D eigenvalue weighted by Gasteiger charge is 2.32. The molecule has 4 rings (SSSR count). The average molecular weight is 476 g/mol. The van der Waals surface area contributed by atoms with Gasteiger partial charge in [0.05, 0.1) is 23.8 Å². The molecule has 2 aliphatic heterocycles. The first-order valence-corrected chi connectivity index (χ1v) is 11.0. The van der Waals surface area contributed by atoms with Crippen molar-refractivity contribution >= 4 is 51.9 Å². The van der Waals surface area contributed by atoms with Crippen molar-refractivity contribution < 1.29 is 19.4 Å². The third kappa shape index (κ3) is 4.76. The lowest BCUT2D eigenvalue weighted by Gasteiger charge is -2.29. The molecule has 0 saturated carbocycles. The van der Waals surface area contributed by atoms with Crippen LogP contribution in [-0.4, -0.2) is 54.2 Å². The lowest BCUT2D eigenvalue weighted by molar-refractivity contribution is -0.137. The van der Waals surface area contributed by atoms with Crippen LogP contribution in [-0.2, 0) is 20.9 Å². The summed E-state index contributed by atoms with van der Waals surface area (Å²) in [5, 5.41) is 13.2. The Kier molecular flexibility index (Phi) is 6.71. The molecule has 2 aromatic rings. The third-order valence-electron chi connectivity index (χ3n) is 5.69. The number of carboxylic acid groups (broad SMARTS) is 1. The first-order valence-electron chi connectivity index (χ1n) is 10.2. The number of anilines is 1. The van der Waals surface area contributed by atoms with Crippen LogP contribution < -0.4 is 11.1 Å². The summed E-state index contributed by atoms with van der Waals surface area (Å²) in [6, 6.07) is 9.80. The van der Waals surface area contributed by atoms with Gasteiger partial charge in [-0.05, 0) is 28.8 Å². The van der Waals surface area contributed by atoms with Crippen LogP contribution in [0.3, 0.4) is 0 Å². The molecule has 2 aromatic carbocycles. The van der Waals surface area contributed by atoms with Crippen molar-refractivity contribution in [3.05, 3.63) is 63.1 Å². The van der Waals surface area contributed by atoms with Gasteiger partial charge >= 0.3 is 5.97 Å². The number of halogens is 2. The number of morpholine rings is 1. The summed E-state index contributed by atoms with van der Waals surface area (Å²) in [5.41, 5.74) is 9.24. The lowest BCUT2D eigenvalue weighted by atomic mass is 9.85. The highest BCUT2D eigenvalue weighted by atomic mass is 35.5. The van der Waals surface area contributed by atoms with Gasteiger partial charge in [0, 0.05) is 42.3 Å². The second-order valence-electron chi connectivity index (χ2n) is 7.85. The van der Waals surface area contributed by atoms with E-state index in [1.165, 1.54) is 0 Å². The third-order valence-corrected chi connectivity index (χ3v) is 6.21. The fraction of sp³-hybridized carbons (Fsp3) is 0.304. The maximum atomic E-state index is 12.6. The van der Waals surface area contributed by atoms with Crippen LogP contribution >= 0.6 is 23.2 Å². The van der Waals surface area contributed by atoms with Gasteiger partial charge in [-0.25, -0.2) is 4.79 Å². The fourth-order valence-electron chi connectivity index (χ4n) is 4.17. The highest BCUT2D eigenvalue weighted by Crippen LogP contribution is 2.43. The molecule has 32 heavy (non-hydrogen) atoms. The molecule has 7 nitrogen and oxygen atoms in total. The molecule has 1 unspecified atom stereocenters. The molecule has 0 bridgehead atoms. The van der Waals surface area contributed by atoms with E-state index >= 15 is 0 Å². The van der Waals surface area contributed by atoms with Gasteiger partial charge in [-0.1, -0.05) is 47.5 Å². The Bertz CT molecular complexity index is 1080. The number of hydrogen-bond acceptors (Lipinski definition) is 5. The minimum Gasteiger partial charge on any atom is -0.480 e. The van der Waals surface area contributed by atoms with Gasteiger partial charge in [-0.2, -0.15) is 0 Å². The van der Waals surface area contributed by atoms with Gasteiger partial charge in [-0.15, -0.1) is 0 Å². The summed E-state index contributed by atoms with van der Waals surface area (Å²) in [7, 11) is 0. The summed E-state index contributed by atoms with van der Waals surface area (Å²) < 4.78 is 5.39. The maximum absolute atomic E-state index is 12.6. The SMILES string of the molecule is NC(=O)/C(=C1/CC(C(=O)O)Nc2cc(Cl)cc(Cl)c21)c1ccc(CN2CCOCC2)cc1. The molecule has 0 spiro atoms. The number of fused-ring (bicyclic) bond motifs is 1. The first-order chi connectivity index (χ1) is 15.3. The zero-order chi connectivity index (χ0) is 22.8. The number of rotatable bonds is 5. The number of primary amides is 1. The van der Waals surface area contributed by atoms with E-state index in [0.29, 0.717) is 32.4 Å². The molecule has 1 saturated heterocycles. The van der Waals surface area contributed by atoms with Crippen molar-refractivity contribution in [1.29, 1.82) is 0 Å². The van der Waals surface area contributed by atoms with Crippen LogP contribution in [0.4, 0.5) is 5.69 Å². The summed E-state index contributed by atoms with van der Waals surface area (Å²) in [6.07, 6.45) is 0.0531. The Morgan fingerprint density at radius 2 is 1.84 bits per heavy atom. The molecular weight excluding hydrogens is 453 g/mol. The number of carbonyl (C=O) groups excluding carboxylic acids is 1. The number of nitrogens with two attached hydrogens (primary N) is 1. The van der Waals surface area contributed by atoms with Crippen LogP contribution in [0.15, 0.2) is 36.4 Å². The van der Waals surface area contributed by atoms with Crippen molar-refractivity contribution in [2.45, 2.75) is 19.0 Å². The van der Waals surface area contributed by atoms with Crippen LogP contribution in [0.1, 0.15) is 23.1 Å². The fourth-order valence-corrected chi connectivity index (χ4v) is 4.78. The predicted molar refractivity (Wildman–Crippen MR) is 125 cm³/mol. The van der Waals surface area contributed by atoms with Gasteiger partial charge in [0.1, 0.15) is 6.04 Å². The average Bonchev–Trinajstić information content (AvgIpc) is 2.75. The van der Waals surface area contributed by atoms with Crippen molar-refractivity contribution in [3.63, 3.8) is 0 Å². The van der Waals surface area contributed by atoms with Crippen LogP contribution in [0.5, 0.6) is 0 Å². The molecule has 0 aliphatic carbocycles. The second-order valence-corrected chi connectivity index (χ2v) is 8.70. The molecule has 1 fully saturated rings. The Balaban J connectivity index is 1.76. The number of nitrogens with zero attached hydrogens (tertiary/aromatic N) is 1. The highest BCUT2D eigenvalue weighted by molar-refractivity contribution is 6.38. The number of benzene rings is 2. The number of ether oxygens (including phenoxy) is 1. The molecule has 1 amide bonds. The van der Waals surface area contributed by atoms with Crippen molar-refractivity contribution in [1.82, 2.24) is 4.90 Å². The monoisotopic (exact) mass is 475 g/mol. The van der Waals surface area contributed by atoms with E-state index in [-0.39, 0.29) is 12.0 Å². The van der Waals surface area contributed by atoms with E-state index in [0.717, 1.165) is 38.4 Å². The molecule has 168 valence electrons. The Labute approximate surface area is 195 Å². The molecule has 9 heteroatoms. The number of aliphatic carboxylic acids is 1. The largest absolute Gasteiger partial charge is 0.480 e. The van der Waals surface area contributed by atoms with Crippen LogP contribution in [0, 0.1) is 0 Å². The Morgan fingerprint density at radius 1 is 1.16 bits per heavy atom. The summed E-state index contributed by atoms with van der Waals surface area (Å²) in [4.78, 5) is 26.6. The zero-order valence-electron chi connectivity index (χ0n) is 17.2. The molecule has 4 N–H and O–H groups in total. The number of nitrogens with one attached hydrogen (secondary N) is 1. The smallest absolute Gasteiger partial charge is 0.326 e. The van der Waals surface area contributed by atoms with Gasteiger partial charge in [-0.3, -0.25) is 9.69 Å². The molecule has 1 atom stereocenters. The van der Waals surface area contributed by atoms with Crippen LogP contribution in [0.25, 0.3) is 11.1 Å².